The molecule has 0 saturated heterocycles. The first-order chi connectivity index (χ1) is 9.83. The van der Waals surface area contributed by atoms with Crippen molar-refractivity contribution in [2.24, 2.45) is 0 Å². The Labute approximate surface area is 119 Å². The number of methoxy groups -OCH3 is 1. The highest BCUT2D eigenvalue weighted by Crippen LogP contribution is 2.34. The van der Waals surface area contributed by atoms with Crippen molar-refractivity contribution in [3.8, 4) is 5.75 Å². The van der Waals surface area contributed by atoms with E-state index < -0.39 is 0 Å². The second-order valence-electron chi connectivity index (χ2n) is 5.26. The van der Waals surface area contributed by atoms with Gasteiger partial charge in [-0.3, -0.25) is 4.68 Å². The maximum Gasteiger partial charge on any atom is 0.160 e. The van der Waals surface area contributed by atoms with E-state index in [0.29, 0.717) is 5.92 Å². The predicted octanol–water partition coefficient (Wildman–Crippen LogP) is 3.05. The molecule has 0 saturated carbocycles. The summed E-state index contributed by atoms with van der Waals surface area (Å²) in [5.41, 5.74) is 3.84. The number of aromatic nitrogens is 2. The van der Waals surface area contributed by atoms with Crippen molar-refractivity contribution in [1.29, 1.82) is 0 Å². The molecule has 0 radical (unpaired) electrons. The molecule has 0 aliphatic carbocycles. The third kappa shape index (κ3) is 2.26. The Morgan fingerprint density at radius 3 is 3.05 bits per heavy atom. The number of hydrogen-bond donors (Lipinski definition) is 1. The van der Waals surface area contributed by atoms with Crippen LogP contribution >= 0.6 is 0 Å². The fourth-order valence-corrected chi connectivity index (χ4v) is 2.97. The molecular weight excluding hydrogens is 250 g/mol. The summed E-state index contributed by atoms with van der Waals surface area (Å²) in [5.74, 6) is 1.32. The molecule has 2 heterocycles. The summed E-state index contributed by atoms with van der Waals surface area (Å²) in [6, 6.07) is 8.52. The number of hydrogen-bond acceptors (Lipinski definition) is 3. The van der Waals surface area contributed by atoms with E-state index in [9.17, 15) is 0 Å². The van der Waals surface area contributed by atoms with E-state index >= 15 is 0 Å². The van der Waals surface area contributed by atoms with Gasteiger partial charge < -0.3 is 10.1 Å². The van der Waals surface area contributed by atoms with Gasteiger partial charge in [0, 0.05) is 24.7 Å². The van der Waals surface area contributed by atoms with Gasteiger partial charge in [-0.2, -0.15) is 5.10 Å². The maximum absolute atomic E-state index is 5.50. The molecule has 1 atom stereocenters. The first kappa shape index (κ1) is 13.0. The van der Waals surface area contributed by atoms with E-state index in [0.717, 1.165) is 31.7 Å². The Morgan fingerprint density at radius 1 is 1.40 bits per heavy atom. The number of rotatable bonds is 4. The minimum atomic E-state index is 0.411. The number of fused-ring (bicyclic) bond motifs is 1. The second-order valence-corrected chi connectivity index (χ2v) is 5.26. The molecule has 0 fully saturated rings. The lowest BCUT2D eigenvalue weighted by Gasteiger charge is -2.27. The Bertz CT molecular complexity index is 591. The molecule has 4 nitrogen and oxygen atoms in total. The van der Waals surface area contributed by atoms with Gasteiger partial charge in [0.15, 0.2) is 5.75 Å². The first-order valence-electron chi connectivity index (χ1n) is 7.25. The maximum atomic E-state index is 5.50. The molecule has 0 amide bonds. The minimum absolute atomic E-state index is 0.411. The fraction of sp³-hybridized carbons (Fsp3) is 0.438. The predicted molar refractivity (Wildman–Crippen MR) is 80.4 cm³/mol. The Balaban J connectivity index is 1.92. The standard InChI is InChI=1S/C16H21N3O/c1-3-8-19-16(15(20-2)11-18-19)13-9-12-6-4-5-7-14(12)17-10-13/h4-7,11,13,17H,3,8-10H2,1-2H3. The van der Waals surface area contributed by atoms with Crippen LogP contribution in [0.3, 0.4) is 0 Å². The highest BCUT2D eigenvalue weighted by atomic mass is 16.5. The van der Waals surface area contributed by atoms with Crippen molar-refractivity contribution in [2.45, 2.75) is 32.2 Å². The van der Waals surface area contributed by atoms with Crippen molar-refractivity contribution in [1.82, 2.24) is 9.78 Å². The number of ether oxygens (including phenoxy) is 1. The van der Waals surface area contributed by atoms with E-state index in [1.807, 2.05) is 6.20 Å². The van der Waals surface area contributed by atoms with Crippen molar-refractivity contribution in [3.63, 3.8) is 0 Å². The summed E-state index contributed by atoms with van der Waals surface area (Å²) < 4.78 is 7.60. The van der Waals surface area contributed by atoms with Crippen LogP contribution in [-0.2, 0) is 13.0 Å². The smallest absolute Gasteiger partial charge is 0.160 e. The zero-order valence-corrected chi connectivity index (χ0v) is 12.1. The molecule has 1 aliphatic rings. The lowest BCUT2D eigenvalue weighted by Crippen LogP contribution is -2.24. The van der Waals surface area contributed by atoms with Crippen LogP contribution < -0.4 is 10.1 Å². The topological polar surface area (TPSA) is 39.1 Å². The molecule has 4 heteroatoms. The number of aryl methyl sites for hydroxylation is 1. The van der Waals surface area contributed by atoms with Gasteiger partial charge >= 0.3 is 0 Å². The van der Waals surface area contributed by atoms with Crippen LogP contribution in [0.4, 0.5) is 5.69 Å². The monoisotopic (exact) mass is 271 g/mol. The highest BCUT2D eigenvalue weighted by Gasteiger charge is 2.26. The van der Waals surface area contributed by atoms with E-state index in [1.54, 1.807) is 7.11 Å². The number of nitrogens with zero attached hydrogens (tertiary/aromatic N) is 2. The summed E-state index contributed by atoms with van der Waals surface area (Å²) in [5, 5.41) is 8.00. The average Bonchev–Trinajstić information content (AvgIpc) is 2.90. The van der Waals surface area contributed by atoms with Gasteiger partial charge in [0.2, 0.25) is 0 Å². The zero-order valence-electron chi connectivity index (χ0n) is 12.1. The molecule has 0 spiro atoms. The van der Waals surface area contributed by atoms with Crippen molar-refractivity contribution in [3.05, 3.63) is 41.7 Å². The fourth-order valence-electron chi connectivity index (χ4n) is 2.97. The van der Waals surface area contributed by atoms with Crippen LogP contribution in [0, 0.1) is 0 Å². The molecule has 3 rings (SSSR count). The van der Waals surface area contributed by atoms with E-state index in [-0.39, 0.29) is 0 Å². The molecule has 1 aromatic carbocycles. The van der Waals surface area contributed by atoms with Crippen molar-refractivity contribution < 1.29 is 4.74 Å². The van der Waals surface area contributed by atoms with E-state index in [1.165, 1.54) is 16.9 Å². The van der Waals surface area contributed by atoms with Gasteiger partial charge in [-0.05, 0) is 24.5 Å². The molecule has 2 aromatic rings. The highest BCUT2D eigenvalue weighted by molar-refractivity contribution is 5.54. The van der Waals surface area contributed by atoms with Crippen LogP contribution in [0.15, 0.2) is 30.5 Å². The zero-order chi connectivity index (χ0) is 13.9. The normalized spacial score (nSPS) is 17.4. The van der Waals surface area contributed by atoms with Crippen LogP contribution in [0.1, 0.15) is 30.5 Å². The van der Waals surface area contributed by atoms with Gasteiger partial charge in [0.25, 0.3) is 0 Å². The molecule has 20 heavy (non-hydrogen) atoms. The van der Waals surface area contributed by atoms with Gasteiger partial charge in [-0.25, -0.2) is 0 Å². The Hall–Kier alpha value is -1.97. The number of benzene rings is 1. The average molecular weight is 271 g/mol. The van der Waals surface area contributed by atoms with Gasteiger partial charge in [-0.1, -0.05) is 25.1 Å². The molecular formula is C16H21N3O. The quantitative estimate of drug-likeness (QED) is 0.929. The Kier molecular flexibility index (Phi) is 3.63. The molecule has 1 aliphatic heterocycles. The SMILES string of the molecule is CCCn1ncc(OC)c1C1CNc2ccccc2C1. The third-order valence-electron chi connectivity index (χ3n) is 3.91. The van der Waals surface area contributed by atoms with Crippen LogP contribution in [0.5, 0.6) is 5.75 Å². The summed E-state index contributed by atoms with van der Waals surface area (Å²) in [6.45, 7) is 4.05. The Morgan fingerprint density at radius 2 is 2.25 bits per heavy atom. The summed E-state index contributed by atoms with van der Waals surface area (Å²) in [6.07, 6.45) is 3.95. The van der Waals surface area contributed by atoms with Gasteiger partial charge in [0.1, 0.15) is 0 Å². The van der Waals surface area contributed by atoms with Crippen LogP contribution in [-0.4, -0.2) is 23.4 Å². The minimum Gasteiger partial charge on any atom is -0.493 e. The van der Waals surface area contributed by atoms with E-state index in [4.69, 9.17) is 4.74 Å². The molecule has 1 aromatic heterocycles. The van der Waals surface area contributed by atoms with Crippen molar-refractivity contribution >= 4 is 5.69 Å². The van der Waals surface area contributed by atoms with Gasteiger partial charge in [-0.15, -0.1) is 0 Å². The first-order valence-corrected chi connectivity index (χ1v) is 7.25. The molecule has 106 valence electrons. The number of para-hydroxylation sites is 1. The van der Waals surface area contributed by atoms with E-state index in [2.05, 4.69) is 46.3 Å². The molecule has 0 bridgehead atoms. The summed E-state index contributed by atoms with van der Waals surface area (Å²) >= 11 is 0. The second kappa shape index (κ2) is 5.57. The van der Waals surface area contributed by atoms with Crippen LogP contribution in [0.2, 0.25) is 0 Å². The summed E-state index contributed by atoms with van der Waals surface area (Å²) in [7, 11) is 1.72. The lowest BCUT2D eigenvalue weighted by molar-refractivity contribution is 0.400. The van der Waals surface area contributed by atoms with Gasteiger partial charge in [0.05, 0.1) is 19.0 Å². The summed E-state index contributed by atoms with van der Waals surface area (Å²) in [4.78, 5) is 0. The number of anilines is 1. The largest absolute Gasteiger partial charge is 0.493 e. The van der Waals surface area contributed by atoms with Crippen molar-refractivity contribution in [2.75, 3.05) is 19.0 Å². The lowest BCUT2D eigenvalue weighted by atomic mass is 9.91. The molecule has 1 unspecified atom stereocenters. The number of nitrogens with one attached hydrogen (secondary N) is 1. The van der Waals surface area contributed by atoms with Crippen LogP contribution in [0.25, 0.3) is 0 Å². The molecule has 1 N–H and O–H groups in total. The third-order valence-corrected chi connectivity index (χ3v) is 3.91.